The number of aryl methyl sites for hydroxylation is 1. The smallest absolute Gasteiger partial charge is 0.255 e. The van der Waals surface area contributed by atoms with Crippen molar-refractivity contribution in [2.75, 3.05) is 23.3 Å². The van der Waals surface area contributed by atoms with Crippen molar-refractivity contribution in [3.63, 3.8) is 0 Å². The Morgan fingerprint density at radius 2 is 2.03 bits per heavy atom. The van der Waals surface area contributed by atoms with E-state index in [9.17, 15) is 19.1 Å². The number of aromatic hydroxyl groups is 1. The van der Waals surface area contributed by atoms with Gasteiger partial charge in [0.15, 0.2) is 0 Å². The van der Waals surface area contributed by atoms with E-state index in [0.717, 1.165) is 24.9 Å². The van der Waals surface area contributed by atoms with Crippen LogP contribution in [0, 0.1) is 12.7 Å². The van der Waals surface area contributed by atoms with E-state index in [0.29, 0.717) is 24.3 Å². The lowest BCUT2D eigenvalue weighted by atomic mass is 10.0. The highest BCUT2D eigenvalue weighted by Crippen LogP contribution is 2.26. The summed E-state index contributed by atoms with van der Waals surface area (Å²) in [5.74, 6) is -1.04. The fourth-order valence-electron chi connectivity index (χ4n) is 3.49. The molecule has 0 aliphatic carbocycles. The fourth-order valence-corrected chi connectivity index (χ4v) is 3.49. The second-order valence-corrected chi connectivity index (χ2v) is 7.35. The Bertz CT molecular complexity index is 916. The van der Waals surface area contributed by atoms with Gasteiger partial charge in [0.05, 0.1) is 11.3 Å². The van der Waals surface area contributed by atoms with Crippen molar-refractivity contribution in [1.29, 1.82) is 0 Å². The summed E-state index contributed by atoms with van der Waals surface area (Å²) in [5.41, 5.74) is 2.06. The molecule has 29 heavy (non-hydrogen) atoms. The zero-order valence-electron chi connectivity index (χ0n) is 16.7. The van der Waals surface area contributed by atoms with Crippen molar-refractivity contribution in [3.05, 3.63) is 53.3 Å². The first-order valence-electron chi connectivity index (χ1n) is 9.82. The largest absolute Gasteiger partial charge is 0.507 e. The summed E-state index contributed by atoms with van der Waals surface area (Å²) in [5, 5.41) is 15.7. The van der Waals surface area contributed by atoms with Crippen LogP contribution in [0.5, 0.6) is 5.75 Å². The molecule has 2 aromatic carbocycles. The topological polar surface area (TPSA) is 81.7 Å². The Hall–Kier alpha value is -3.09. The molecule has 0 radical (unpaired) electrons. The van der Waals surface area contributed by atoms with Crippen LogP contribution in [0.15, 0.2) is 36.4 Å². The molecular formula is C22H26FN3O3. The van der Waals surface area contributed by atoms with Gasteiger partial charge in [-0.3, -0.25) is 9.59 Å². The number of phenolic OH excluding ortho intramolecular Hbond substituents is 1. The maximum absolute atomic E-state index is 14.2. The van der Waals surface area contributed by atoms with E-state index in [-0.39, 0.29) is 29.1 Å². The lowest BCUT2D eigenvalue weighted by Crippen LogP contribution is -2.48. The Kier molecular flexibility index (Phi) is 6.36. The predicted molar refractivity (Wildman–Crippen MR) is 111 cm³/mol. The van der Waals surface area contributed by atoms with Gasteiger partial charge in [0, 0.05) is 31.2 Å². The van der Waals surface area contributed by atoms with Crippen molar-refractivity contribution in [3.8, 4) is 5.75 Å². The summed E-state index contributed by atoms with van der Waals surface area (Å²) in [4.78, 5) is 26.2. The standard InChI is InChI=1S/C22H26FN3O3/c1-3-21(28)24-15-7-9-20(27)17(12-15)22(29)25-16-5-4-10-26(13-16)19-11-14(2)6-8-18(19)23/h6-9,11-12,16,27H,3-5,10,13H2,1-2H3,(H,24,28)(H,25,29). The molecule has 0 spiro atoms. The zero-order chi connectivity index (χ0) is 21.0. The first-order valence-corrected chi connectivity index (χ1v) is 9.82. The van der Waals surface area contributed by atoms with Gasteiger partial charge in [-0.05, 0) is 55.7 Å². The molecule has 1 fully saturated rings. The van der Waals surface area contributed by atoms with E-state index in [1.807, 2.05) is 17.9 Å². The third-order valence-electron chi connectivity index (χ3n) is 5.04. The second kappa shape index (κ2) is 8.94. The zero-order valence-corrected chi connectivity index (χ0v) is 16.7. The summed E-state index contributed by atoms with van der Waals surface area (Å²) in [6.45, 7) is 4.85. The van der Waals surface area contributed by atoms with E-state index < -0.39 is 5.91 Å². The number of nitrogens with zero attached hydrogens (tertiary/aromatic N) is 1. The van der Waals surface area contributed by atoms with Crippen LogP contribution in [0.1, 0.15) is 42.1 Å². The number of rotatable bonds is 5. The minimum atomic E-state index is -0.424. The maximum atomic E-state index is 14.2. The number of benzene rings is 2. The molecule has 2 aromatic rings. The summed E-state index contributed by atoms with van der Waals surface area (Å²) < 4.78 is 14.2. The van der Waals surface area contributed by atoms with Gasteiger partial charge in [0.2, 0.25) is 5.91 Å². The lowest BCUT2D eigenvalue weighted by Gasteiger charge is -2.35. The number of nitrogens with one attached hydrogen (secondary N) is 2. The first-order chi connectivity index (χ1) is 13.9. The minimum absolute atomic E-state index is 0.0952. The summed E-state index contributed by atoms with van der Waals surface area (Å²) >= 11 is 0. The molecule has 3 rings (SSSR count). The second-order valence-electron chi connectivity index (χ2n) is 7.35. The molecule has 154 valence electrons. The first kappa shape index (κ1) is 20.6. The van der Waals surface area contributed by atoms with Crippen LogP contribution >= 0.6 is 0 Å². The van der Waals surface area contributed by atoms with Crippen LogP contribution in [0.4, 0.5) is 15.8 Å². The Balaban J connectivity index is 1.71. The van der Waals surface area contributed by atoms with Crippen LogP contribution in [0.25, 0.3) is 0 Å². The van der Waals surface area contributed by atoms with E-state index in [1.165, 1.54) is 18.2 Å². The van der Waals surface area contributed by atoms with Gasteiger partial charge in [-0.2, -0.15) is 0 Å². The van der Waals surface area contributed by atoms with Gasteiger partial charge in [0.1, 0.15) is 11.6 Å². The molecular weight excluding hydrogens is 373 g/mol. The number of halogens is 1. The van der Waals surface area contributed by atoms with E-state index in [2.05, 4.69) is 10.6 Å². The minimum Gasteiger partial charge on any atom is -0.507 e. The van der Waals surface area contributed by atoms with E-state index >= 15 is 0 Å². The molecule has 1 unspecified atom stereocenters. The number of carbonyl (C=O) groups excluding carboxylic acids is 2. The van der Waals surface area contributed by atoms with Crippen molar-refractivity contribution >= 4 is 23.2 Å². The van der Waals surface area contributed by atoms with Crippen LogP contribution in [0.3, 0.4) is 0 Å². The summed E-state index contributed by atoms with van der Waals surface area (Å²) in [6.07, 6.45) is 1.90. The van der Waals surface area contributed by atoms with E-state index in [4.69, 9.17) is 0 Å². The normalized spacial score (nSPS) is 16.4. The molecule has 1 saturated heterocycles. The van der Waals surface area contributed by atoms with Crippen LogP contribution in [-0.4, -0.2) is 36.1 Å². The highest BCUT2D eigenvalue weighted by Gasteiger charge is 2.25. The number of amides is 2. The van der Waals surface area contributed by atoms with Crippen LogP contribution in [0.2, 0.25) is 0 Å². The Morgan fingerprint density at radius 3 is 2.79 bits per heavy atom. The van der Waals surface area contributed by atoms with Crippen molar-refractivity contribution in [2.45, 2.75) is 39.2 Å². The number of hydrogen-bond acceptors (Lipinski definition) is 4. The molecule has 3 N–H and O–H groups in total. The molecule has 1 atom stereocenters. The molecule has 0 saturated carbocycles. The predicted octanol–water partition coefficient (Wildman–Crippen LogP) is 3.59. The highest BCUT2D eigenvalue weighted by molar-refractivity contribution is 5.99. The van der Waals surface area contributed by atoms with Gasteiger partial charge in [-0.1, -0.05) is 13.0 Å². The summed E-state index contributed by atoms with van der Waals surface area (Å²) in [6, 6.07) is 9.21. The van der Waals surface area contributed by atoms with Gasteiger partial charge in [0.25, 0.3) is 5.91 Å². The molecule has 7 heteroatoms. The quantitative estimate of drug-likeness (QED) is 0.671. The van der Waals surface area contributed by atoms with E-state index in [1.54, 1.807) is 19.1 Å². The van der Waals surface area contributed by atoms with Crippen LogP contribution < -0.4 is 15.5 Å². The van der Waals surface area contributed by atoms with Gasteiger partial charge < -0.3 is 20.6 Å². The maximum Gasteiger partial charge on any atom is 0.255 e. The fraction of sp³-hybridized carbons (Fsp3) is 0.364. The number of piperidine rings is 1. The SMILES string of the molecule is CCC(=O)Nc1ccc(O)c(C(=O)NC2CCCN(c3cc(C)ccc3F)C2)c1. The molecule has 6 nitrogen and oxygen atoms in total. The molecule has 1 heterocycles. The number of carbonyl (C=O) groups is 2. The van der Waals surface area contributed by atoms with Crippen molar-refractivity contribution < 1.29 is 19.1 Å². The Labute approximate surface area is 169 Å². The molecule has 0 bridgehead atoms. The lowest BCUT2D eigenvalue weighted by molar-refractivity contribution is -0.115. The average molecular weight is 399 g/mol. The number of anilines is 2. The number of hydrogen-bond donors (Lipinski definition) is 3. The third kappa shape index (κ3) is 5.04. The molecule has 0 aromatic heterocycles. The highest BCUT2D eigenvalue weighted by atomic mass is 19.1. The molecule has 1 aliphatic rings. The molecule has 1 aliphatic heterocycles. The average Bonchev–Trinajstić information content (AvgIpc) is 2.71. The van der Waals surface area contributed by atoms with Crippen molar-refractivity contribution in [2.24, 2.45) is 0 Å². The van der Waals surface area contributed by atoms with Gasteiger partial charge >= 0.3 is 0 Å². The van der Waals surface area contributed by atoms with Crippen LogP contribution in [-0.2, 0) is 4.79 Å². The van der Waals surface area contributed by atoms with Crippen molar-refractivity contribution in [1.82, 2.24) is 5.32 Å². The van der Waals surface area contributed by atoms with Gasteiger partial charge in [-0.15, -0.1) is 0 Å². The third-order valence-corrected chi connectivity index (χ3v) is 5.04. The number of phenols is 1. The molecule has 2 amide bonds. The monoisotopic (exact) mass is 399 g/mol. The summed E-state index contributed by atoms with van der Waals surface area (Å²) in [7, 11) is 0. The van der Waals surface area contributed by atoms with Gasteiger partial charge in [-0.25, -0.2) is 4.39 Å². The Morgan fingerprint density at radius 1 is 1.24 bits per heavy atom.